The zero-order chi connectivity index (χ0) is 10.3. The van der Waals surface area contributed by atoms with Gasteiger partial charge in [0.05, 0.1) is 5.16 Å². The Labute approximate surface area is 85.1 Å². The van der Waals surface area contributed by atoms with Gasteiger partial charge in [-0.05, 0) is 39.9 Å². The van der Waals surface area contributed by atoms with Crippen LogP contribution in [0.1, 0.15) is 27.7 Å². The van der Waals surface area contributed by atoms with Crippen molar-refractivity contribution in [1.29, 1.82) is 0 Å². The van der Waals surface area contributed by atoms with Crippen LogP contribution in [0.2, 0.25) is 0 Å². The summed E-state index contributed by atoms with van der Waals surface area (Å²) < 4.78 is 11.0. The van der Waals surface area contributed by atoms with E-state index < -0.39 is 5.79 Å². The van der Waals surface area contributed by atoms with E-state index in [2.05, 4.69) is 22.4 Å². The van der Waals surface area contributed by atoms with Gasteiger partial charge in [-0.2, -0.15) is 0 Å². The SMILES string of the molecule is CCOC(C)(OCC)C(C)N=C=S. The molecule has 0 rings (SSSR count). The van der Waals surface area contributed by atoms with Gasteiger partial charge in [-0.25, -0.2) is 4.99 Å². The lowest BCUT2D eigenvalue weighted by Gasteiger charge is -2.31. The van der Waals surface area contributed by atoms with Crippen LogP contribution in [0, 0.1) is 0 Å². The van der Waals surface area contributed by atoms with Crippen LogP contribution < -0.4 is 0 Å². The molecule has 0 heterocycles. The molecule has 1 unspecified atom stereocenters. The van der Waals surface area contributed by atoms with Crippen LogP contribution in [0.25, 0.3) is 0 Å². The van der Waals surface area contributed by atoms with E-state index in [4.69, 9.17) is 9.47 Å². The Morgan fingerprint density at radius 2 is 1.85 bits per heavy atom. The predicted octanol–water partition coefficient (Wildman–Crippen LogP) is 2.27. The summed E-state index contributed by atoms with van der Waals surface area (Å²) in [4.78, 5) is 3.95. The van der Waals surface area contributed by atoms with Gasteiger partial charge in [0.25, 0.3) is 0 Å². The first-order valence-electron chi connectivity index (χ1n) is 4.45. The van der Waals surface area contributed by atoms with E-state index >= 15 is 0 Å². The third kappa shape index (κ3) is 3.96. The standard InChI is InChI=1S/C9H17NO2S/c1-5-11-9(4,12-6-2)8(3)10-7-13/h8H,5-6H2,1-4H3. The van der Waals surface area contributed by atoms with Gasteiger partial charge in [0, 0.05) is 13.2 Å². The highest BCUT2D eigenvalue weighted by atomic mass is 32.1. The van der Waals surface area contributed by atoms with Crippen LogP contribution >= 0.6 is 12.2 Å². The number of nitrogens with zero attached hydrogens (tertiary/aromatic N) is 1. The summed E-state index contributed by atoms with van der Waals surface area (Å²) in [7, 11) is 0. The van der Waals surface area contributed by atoms with Crippen molar-refractivity contribution in [2.45, 2.75) is 39.5 Å². The second kappa shape index (κ2) is 6.22. The number of isothiocyanates is 1. The smallest absolute Gasteiger partial charge is 0.188 e. The fourth-order valence-corrected chi connectivity index (χ4v) is 1.21. The van der Waals surface area contributed by atoms with Crippen LogP contribution in [-0.2, 0) is 9.47 Å². The van der Waals surface area contributed by atoms with Gasteiger partial charge in [0.1, 0.15) is 6.04 Å². The number of hydrogen-bond acceptors (Lipinski definition) is 4. The first-order chi connectivity index (χ1) is 6.10. The Hall–Kier alpha value is -0.280. The van der Waals surface area contributed by atoms with E-state index in [1.165, 1.54) is 0 Å². The number of ether oxygens (including phenoxy) is 2. The largest absolute Gasteiger partial charge is 0.348 e. The van der Waals surface area contributed by atoms with Crippen molar-refractivity contribution in [3.05, 3.63) is 0 Å². The second-order valence-corrected chi connectivity index (χ2v) is 2.96. The highest BCUT2D eigenvalue weighted by Gasteiger charge is 2.32. The molecule has 4 heteroatoms. The van der Waals surface area contributed by atoms with Crippen molar-refractivity contribution >= 4 is 17.4 Å². The number of thiocarbonyl (C=S) groups is 1. The number of hydrogen-bond donors (Lipinski definition) is 0. The van der Waals surface area contributed by atoms with Gasteiger partial charge >= 0.3 is 0 Å². The summed E-state index contributed by atoms with van der Waals surface area (Å²) in [5, 5.41) is 2.34. The molecule has 0 fully saturated rings. The summed E-state index contributed by atoms with van der Waals surface area (Å²) in [6, 6.07) is -0.134. The van der Waals surface area contributed by atoms with Crippen LogP contribution in [-0.4, -0.2) is 30.2 Å². The second-order valence-electron chi connectivity index (χ2n) is 2.78. The monoisotopic (exact) mass is 203 g/mol. The molecule has 0 aliphatic rings. The fourth-order valence-electron chi connectivity index (χ4n) is 1.05. The molecule has 0 saturated heterocycles. The summed E-state index contributed by atoms with van der Waals surface area (Å²) in [5.41, 5.74) is 0. The molecule has 13 heavy (non-hydrogen) atoms. The van der Waals surface area contributed by atoms with E-state index in [-0.39, 0.29) is 6.04 Å². The lowest BCUT2D eigenvalue weighted by molar-refractivity contribution is -0.229. The first kappa shape index (κ1) is 12.7. The number of aliphatic imine (C=N–C) groups is 1. The van der Waals surface area contributed by atoms with Crippen molar-refractivity contribution in [2.24, 2.45) is 4.99 Å². The normalized spacial score (nSPS) is 13.5. The average Bonchev–Trinajstić information content (AvgIpc) is 2.05. The first-order valence-corrected chi connectivity index (χ1v) is 4.86. The van der Waals surface area contributed by atoms with E-state index in [1.54, 1.807) is 0 Å². The Morgan fingerprint density at radius 1 is 1.38 bits per heavy atom. The van der Waals surface area contributed by atoms with Crippen LogP contribution in [0.15, 0.2) is 4.99 Å². The van der Waals surface area contributed by atoms with Crippen molar-refractivity contribution in [3.63, 3.8) is 0 Å². The van der Waals surface area contributed by atoms with Crippen LogP contribution in [0.3, 0.4) is 0 Å². The molecule has 76 valence electrons. The summed E-state index contributed by atoms with van der Waals surface area (Å²) in [6.45, 7) is 8.78. The fraction of sp³-hybridized carbons (Fsp3) is 0.889. The third-order valence-electron chi connectivity index (χ3n) is 1.87. The summed E-state index contributed by atoms with van der Waals surface area (Å²) in [5.74, 6) is -0.685. The molecule has 3 nitrogen and oxygen atoms in total. The third-order valence-corrected chi connectivity index (χ3v) is 1.97. The molecular weight excluding hydrogens is 186 g/mol. The lowest BCUT2D eigenvalue weighted by Crippen LogP contribution is -2.42. The van der Waals surface area contributed by atoms with Gasteiger partial charge in [-0.15, -0.1) is 0 Å². The van der Waals surface area contributed by atoms with E-state index in [9.17, 15) is 0 Å². The average molecular weight is 203 g/mol. The molecule has 0 spiro atoms. The molecule has 0 aromatic rings. The molecule has 0 saturated carbocycles. The Morgan fingerprint density at radius 3 is 2.15 bits per heavy atom. The van der Waals surface area contributed by atoms with Crippen LogP contribution in [0.4, 0.5) is 0 Å². The maximum Gasteiger partial charge on any atom is 0.188 e. The van der Waals surface area contributed by atoms with Crippen molar-refractivity contribution in [2.75, 3.05) is 13.2 Å². The summed E-state index contributed by atoms with van der Waals surface area (Å²) >= 11 is 4.54. The lowest BCUT2D eigenvalue weighted by atomic mass is 10.1. The zero-order valence-corrected chi connectivity index (χ0v) is 9.48. The zero-order valence-electron chi connectivity index (χ0n) is 8.66. The van der Waals surface area contributed by atoms with Gasteiger partial charge in [-0.3, -0.25) is 0 Å². The molecule has 1 atom stereocenters. The van der Waals surface area contributed by atoms with Crippen LogP contribution in [0.5, 0.6) is 0 Å². The molecule has 0 radical (unpaired) electrons. The topological polar surface area (TPSA) is 30.8 Å². The maximum atomic E-state index is 5.48. The van der Waals surface area contributed by atoms with E-state index in [1.807, 2.05) is 27.7 Å². The van der Waals surface area contributed by atoms with Crippen molar-refractivity contribution < 1.29 is 9.47 Å². The van der Waals surface area contributed by atoms with Crippen molar-refractivity contribution in [1.82, 2.24) is 0 Å². The summed E-state index contributed by atoms with van der Waals surface area (Å²) in [6.07, 6.45) is 0. The molecule has 0 aliphatic heterocycles. The molecule has 0 aromatic carbocycles. The Bertz CT molecular complexity index is 184. The molecule has 0 aliphatic carbocycles. The van der Waals surface area contributed by atoms with E-state index in [0.29, 0.717) is 13.2 Å². The van der Waals surface area contributed by atoms with E-state index in [0.717, 1.165) is 0 Å². The highest BCUT2D eigenvalue weighted by molar-refractivity contribution is 7.78. The van der Waals surface area contributed by atoms with Gasteiger partial charge < -0.3 is 9.47 Å². The maximum absolute atomic E-state index is 5.48. The molecule has 0 amide bonds. The Kier molecular flexibility index (Phi) is 6.08. The minimum absolute atomic E-state index is 0.134. The van der Waals surface area contributed by atoms with Gasteiger partial charge in [0.15, 0.2) is 5.79 Å². The molecule has 0 aromatic heterocycles. The quantitative estimate of drug-likeness (QED) is 0.377. The molecule has 0 N–H and O–H groups in total. The minimum Gasteiger partial charge on any atom is -0.348 e. The Balaban J connectivity index is 4.44. The highest BCUT2D eigenvalue weighted by Crippen LogP contribution is 2.19. The van der Waals surface area contributed by atoms with Gasteiger partial charge in [0.2, 0.25) is 0 Å². The number of rotatable bonds is 6. The van der Waals surface area contributed by atoms with Gasteiger partial charge in [-0.1, -0.05) is 0 Å². The minimum atomic E-state index is -0.685. The molecule has 0 bridgehead atoms. The molecular formula is C9H17NO2S. The van der Waals surface area contributed by atoms with Crippen molar-refractivity contribution in [3.8, 4) is 0 Å². The predicted molar refractivity (Wildman–Crippen MR) is 56.1 cm³/mol.